The maximum atomic E-state index is 12.4. The second-order valence-electron chi connectivity index (χ2n) is 7.50. The molecule has 1 aromatic carbocycles. The van der Waals surface area contributed by atoms with Gasteiger partial charge in [0.2, 0.25) is 5.91 Å². The maximum Gasteiger partial charge on any atom is 0.260 e. The van der Waals surface area contributed by atoms with E-state index in [0.717, 1.165) is 41.0 Å². The first-order chi connectivity index (χ1) is 12.8. The largest absolute Gasteiger partial charge is 0.329 e. The van der Waals surface area contributed by atoms with E-state index in [2.05, 4.69) is 35.2 Å². The Kier molecular flexibility index (Phi) is 6.01. The number of aromatic nitrogens is 2. The molecule has 0 spiro atoms. The Morgan fingerprint density at radius 1 is 1.30 bits per heavy atom. The van der Waals surface area contributed by atoms with Gasteiger partial charge < -0.3 is 15.2 Å². The van der Waals surface area contributed by atoms with E-state index in [1.165, 1.54) is 16.7 Å². The van der Waals surface area contributed by atoms with Crippen LogP contribution in [0.4, 0.5) is 5.69 Å². The summed E-state index contributed by atoms with van der Waals surface area (Å²) in [6.07, 6.45) is 0.801. The van der Waals surface area contributed by atoms with Gasteiger partial charge in [-0.15, -0.1) is 0 Å². The van der Waals surface area contributed by atoms with Gasteiger partial charge in [-0.25, -0.2) is 4.98 Å². The number of nitrogens with zero attached hydrogens (tertiary/aromatic N) is 1. The van der Waals surface area contributed by atoms with Gasteiger partial charge in [-0.05, 0) is 51.0 Å². The fourth-order valence-corrected chi connectivity index (χ4v) is 4.12. The summed E-state index contributed by atoms with van der Waals surface area (Å²) in [7, 11) is 0. The highest BCUT2D eigenvalue weighted by Gasteiger charge is 2.25. The van der Waals surface area contributed by atoms with E-state index >= 15 is 0 Å². The van der Waals surface area contributed by atoms with E-state index in [1.54, 1.807) is 0 Å². The van der Waals surface area contributed by atoms with Crippen LogP contribution in [-0.4, -0.2) is 34.2 Å². The molecule has 2 heterocycles. The number of carbonyl (C=O) groups is 1. The van der Waals surface area contributed by atoms with Crippen molar-refractivity contribution < 1.29 is 9.69 Å². The maximum absolute atomic E-state index is 12.4. The SMILES string of the molecule is Cc1cc(C)cc(NC(=O)CSc2nc3c(c(=O)[nH]2)C[NH+](C(C)C)CC3)c1. The molecule has 7 heteroatoms. The smallest absolute Gasteiger partial charge is 0.260 e. The van der Waals surface area contributed by atoms with Gasteiger partial charge in [0.25, 0.3) is 5.56 Å². The number of carbonyl (C=O) groups excluding carboxylic acids is 1. The molecular weight excluding hydrogens is 360 g/mol. The standard InChI is InChI=1S/C20H26N4O2S/c1-12(2)24-6-5-17-16(10-24)19(26)23-20(22-17)27-11-18(25)21-15-8-13(3)7-14(4)9-15/h7-9,12H,5-6,10-11H2,1-4H3,(H,21,25)(H,22,23,26)/p+1. The number of benzene rings is 1. The first-order valence-electron chi connectivity index (χ1n) is 9.29. The van der Waals surface area contributed by atoms with Crippen LogP contribution in [0.3, 0.4) is 0 Å². The van der Waals surface area contributed by atoms with E-state index in [4.69, 9.17) is 0 Å². The minimum atomic E-state index is -0.110. The number of fused-ring (bicyclic) bond motifs is 1. The molecule has 0 aliphatic carbocycles. The molecule has 0 saturated heterocycles. The van der Waals surface area contributed by atoms with Gasteiger partial charge in [-0.3, -0.25) is 9.59 Å². The van der Waals surface area contributed by atoms with E-state index in [1.807, 2.05) is 26.0 Å². The lowest BCUT2D eigenvalue weighted by Crippen LogP contribution is -3.14. The van der Waals surface area contributed by atoms with Crippen molar-refractivity contribution in [3.8, 4) is 0 Å². The van der Waals surface area contributed by atoms with Crippen LogP contribution in [-0.2, 0) is 17.8 Å². The fourth-order valence-electron chi connectivity index (χ4n) is 3.44. The number of thioether (sulfide) groups is 1. The number of hydrogen-bond donors (Lipinski definition) is 3. The van der Waals surface area contributed by atoms with E-state index in [0.29, 0.717) is 17.7 Å². The highest BCUT2D eigenvalue weighted by molar-refractivity contribution is 7.99. The summed E-state index contributed by atoms with van der Waals surface area (Å²) in [5.41, 5.74) is 4.60. The molecule has 0 saturated carbocycles. The molecule has 6 nitrogen and oxygen atoms in total. The molecule has 1 aliphatic heterocycles. The van der Waals surface area contributed by atoms with Crippen LogP contribution in [0.1, 0.15) is 36.2 Å². The van der Waals surface area contributed by atoms with Crippen molar-refractivity contribution in [1.82, 2.24) is 9.97 Å². The lowest BCUT2D eigenvalue weighted by Gasteiger charge is -2.27. The monoisotopic (exact) mass is 387 g/mol. The minimum absolute atomic E-state index is 0.0740. The quantitative estimate of drug-likeness (QED) is 0.536. The molecule has 1 atom stereocenters. The summed E-state index contributed by atoms with van der Waals surface area (Å²) in [6, 6.07) is 6.43. The number of H-pyrrole nitrogens is 1. The summed E-state index contributed by atoms with van der Waals surface area (Å²) in [6.45, 7) is 10.0. The van der Waals surface area contributed by atoms with Crippen LogP contribution < -0.4 is 15.8 Å². The highest BCUT2D eigenvalue weighted by atomic mass is 32.2. The Hall–Kier alpha value is -2.12. The van der Waals surface area contributed by atoms with Gasteiger partial charge in [-0.1, -0.05) is 17.8 Å². The number of rotatable bonds is 5. The van der Waals surface area contributed by atoms with Crippen molar-refractivity contribution in [3.05, 3.63) is 50.9 Å². The number of quaternary nitrogens is 1. The van der Waals surface area contributed by atoms with Gasteiger partial charge in [0, 0.05) is 12.1 Å². The summed E-state index contributed by atoms with van der Waals surface area (Å²) < 4.78 is 0. The van der Waals surface area contributed by atoms with Crippen molar-refractivity contribution >= 4 is 23.4 Å². The second kappa shape index (κ2) is 8.27. The van der Waals surface area contributed by atoms with Gasteiger partial charge >= 0.3 is 0 Å². The van der Waals surface area contributed by atoms with Gasteiger partial charge in [-0.2, -0.15) is 0 Å². The Morgan fingerprint density at radius 3 is 2.67 bits per heavy atom. The van der Waals surface area contributed by atoms with E-state index in [9.17, 15) is 9.59 Å². The summed E-state index contributed by atoms with van der Waals surface area (Å²) in [5.74, 6) is 0.0961. The van der Waals surface area contributed by atoms with Crippen LogP contribution in [0.25, 0.3) is 0 Å². The van der Waals surface area contributed by atoms with Crippen LogP contribution >= 0.6 is 11.8 Å². The average Bonchev–Trinajstić information content (AvgIpc) is 2.58. The lowest BCUT2D eigenvalue weighted by molar-refractivity contribution is -0.937. The third-order valence-electron chi connectivity index (χ3n) is 4.83. The zero-order valence-corrected chi connectivity index (χ0v) is 17.1. The number of hydrogen-bond acceptors (Lipinski definition) is 4. The lowest BCUT2D eigenvalue weighted by atomic mass is 10.1. The van der Waals surface area contributed by atoms with Crippen LogP contribution in [0, 0.1) is 13.8 Å². The molecule has 0 fully saturated rings. The molecule has 0 bridgehead atoms. The Bertz CT molecular complexity index is 887. The molecule has 1 aliphatic rings. The predicted octanol–water partition coefficient (Wildman–Crippen LogP) is 1.47. The van der Waals surface area contributed by atoms with Gasteiger partial charge in [0.15, 0.2) is 5.16 Å². The van der Waals surface area contributed by atoms with E-state index in [-0.39, 0.29) is 17.2 Å². The fraction of sp³-hybridized carbons (Fsp3) is 0.450. The predicted molar refractivity (Wildman–Crippen MR) is 109 cm³/mol. The second-order valence-corrected chi connectivity index (χ2v) is 8.46. The van der Waals surface area contributed by atoms with E-state index < -0.39 is 0 Å². The Morgan fingerprint density at radius 2 is 2.00 bits per heavy atom. The zero-order valence-electron chi connectivity index (χ0n) is 16.3. The first kappa shape index (κ1) is 19.6. The normalized spacial score (nSPS) is 16.3. The molecule has 3 rings (SSSR count). The molecule has 1 aromatic heterocycles. The zero-order chi connectivity index (χ0) is 19.6. The third kappa shape index (κ3) is 4.99. The number of nitrogens with one attached hydrogen (secondary N) is 3. The molecule has 27 heavy (non-hydrogen) atoms. The van der Waals surface area contributed by atoms with Crippen LogP contribution in [0.15, 0.2) is 28.2 Å². The van der Waals surface area contributed by atoms with Crippen molar-refractivity contribution in [2.75, 3.05) is 17.6 Å². The first-order valence-corrected chi connectivity index (χ1v) is 10.3. The summed E-state index contributed by atoms with van der Waals surface area (Å²) in [4.78, 5) is 33.5. The van der Waals surface area contributed by atoms with Crippen LogP contribution in [0.2, 0.25) is 0 Å². The Labute approximate surface area is 163 Å². The summed E-state index contributed by atoms with van der Waals surface area (Å²) in [5, 5.41) is 3.42. The molecule has 2 aromatic rings. The average molecular weight is 388 g/mol. The van der Waals surface area contributed by atoms with Crippen molar-refractivity contribution in [2.24, 2.45) is 0 Å². The Balaban J connectivity index is 1.64. The van der Waals surface area contributed by atoms with Crippen molar-refractivity contribution in [2.45, 2.75) is 51.9 Å². The number of aryl methyl sites for hydroxylation is 2. The molecule has 144 valence electrons. The molecule has 3 N–H and O–H groups in total. The molecular formula is C20H27N4O2S+. The number of amides is 1. The molecule has 1 amide bonds. The van der Waals surface area contributed by atoms with Crippen LogP contribution in [0.5, 0.6) is 0 Å². The van der Waals surface area contributed by atoms with Gasteiger partial charge in [0.1, 0.15) is 6.54 Å². The highest BCUT2D eigenvalue weighted by Crippen LogP contribution is 2.17. The molecule has 1 unspecified atom stereocenters. The van der Waals surface area contributed by atoms with Crippen molar-refractivity contribution in [1.29, 1.82) is 0 Å². The third-order valence-corrected chi connectivity index (χ3v) is 5.70. The van der Waals surface area contributed by atoms with Gasteiger partial charge in [0.05, 0.1) is 29.6 Å². The summed E-state index contributed by atoms with van der Waals surface area (Å²) >= 11 is 1.26. The topological polar surface area (TPSA) is 79.3 Å². The number of aromatic amines is 1. The number of anilines is 1. The molecule has 0 radical (unpaired) electrons. The van der Waals surface area contributed by atoms with Crippen molar-refractivity contribution in [3.63, 3.8) is 0 Å². The minimum Gasteiger partial charge on any atom is -0.329 e.